The van der Waals surface area contributed by atoms with Crippen LogP contribution >= 0.6 is 11.6 Å². The van der Waals surface area contributed by atoms with Gasteiger partial charge in [-0.25, -0.2) is 0 Å². The fourth-order valence-corrected chi connectivity index (χ4v) is 3.11. The maximum atomic E-state index is 11.6. The van der Waals surface area contributed by atoms with Crippen molar-refractivity contribution in [2.75, 3.05) is 0 Å². The van der Waals surface area contributed by atoms with Crippen molar-refractivity contribution in [3.05, 3.63) is 28.3 Å². The summed E-state index contributed by atoms with van der Waals surface area (Å²) in [6.07, 6.45) is 3.52. The van der Waals surface area contributed by atoms with Crippen LogP contribution in [0.3, 0.4) is 0 Å². The first-order valence-corrected chi connectivity index (χ1v) is 6.64. The van der Waals surface area contributed by atoms with Gasteiger partial charge in [0.1, 0.15) is 5.75 Å². The van der Waals surface area contributed by atoms with Crippen LogP contribution in [-0.4, -0.2) is 16.2 Å². The first-order valence-electron chi connectivity index (χ1n) is 6.26. The van der Waals surface area contributed by atoms with E-state index < -0.39 is 11.4 Å². The van der Waals surface area contributed by atoms with Crippen molar-refractivity contribution in [1.82, 2.24) is 0 Å². The number of carboxylic acids is 1. The van der Waals surface area contributed by atoms with Crippen LogP contribution in [-0.2, 0) is 16.6 Å². The summed E-state index contributed by atoms with van der Waals surface area (Å²) in [5.41, 5.74) is 0.237. The quantitative estimate of drug-likeness (QED) is 0.882. The highest BCUT2D eigenvalue weighted by Gasteiger charge is 2.45. The minimum Gasteiger partial charge on any atom is -0.507 e. The van der Waals surface area contributed by atoms with Gasteiger partial charge in [-0.3, -0.25) is 4.79 Å². The minimum absolute atomic E-state index is 0.103. The molecule has 0 radical (unpaired) electrons. The van der Waals surface area contributed by atoms with E-state index >= 15 is 0 Å². The Bertz CT molecular complexity index is 476. The van der Waals surface area contributed by atoms with Crippen LogP contribution in [0.25, 0.3) is 0 Å². The van der Waals surface area contributed by atoms with Gasteiger partial charge in [0.15, 0.2) is 0 Å². The largest absolute Gasteiger partial charge is 0.507 e. The molecule has 0 amide bonds. The van der Waals surface area contributed by atoms with Crippen LogP contribution < -0.4 is 0 Å². The number of phenols is 1. The number of carboxylic acid groups (broad SMARTS) is 1. The number of hydrogen-bond donors (Lipinski definition) is 2. The van der Waals surface area contributed by atoms with Crippen LogP contribution in [0.2, 0.25) is 5.02 Å². The van der Waals surface area contributed by atoms with Crippen LogP contribution in [0.15, 0.2) is 12.1 Å². The molecule has 98 valence electrons. The molecular formula is C14H17ClO3. The smallest absolute Gasteiger partial charge is 0.314 e. The molecule has 1 aliphatic rings. The molecule has 0 saturated heterocycles. The van der Waals surface area contributed by atoms with Gasteiger partial charge in [-0.15, -0.1) is 0 Å². The van der Waals surface area contributed by atoms with E-state index in [1.165, 1.54) is 0 Å². The number of phenolic OH excluding ortho intramolecular Hbond substituents is 1. The fraction of sp³-hybridized carbons (Fsp3) is 0.500. The molecule has 0 atom stereocenters. The Morgan fingerprint density at radius 3 is 2.50 bits per heavy atom. The molecule has 0 heterocycles. The lowest BCUT2D eigenvalue weighted by Gasteiger charge is -2.26. The number of rotatable bonds is 3. The van der Waals surface area contributed by atoms with Gasteiger partial charge < -0.3 is 10.2 Å². The summed E-state index contributed by atoms with van der Waals surface area (Å²) in [6, 6.07) is 3.31. The minimum atomic E-state index is -0.959. The van der Waals surface area contributed by atoms with Crippen molar-refractivity contribution in [3.8, 4) is 5.75 Å². The third-order valence-electron chi connectivity index (χ3n) is 3.92. The van der Waals surface area contributed by atoms with E-state index in [0.717, 1.165) is 12.8 Å². The molecule has 2 rings (SSSR count). The van der Waals surface area contributed by atoms with Crippen LogP contribution in [0.5, 0.6) is 5.75 Å². The standard InChI is InChI=1S/C14H17ClO3/c1-2-9-7-10(15)8-11(12(9)16)14(13(17)18)5-3-4-6-14/h7-8,16H,2-6H2,1H3,(H,17,18). The molecule has 1 aliphatic carbocycles. The molecule has 1 fully saturated rings. The number of halogens is 1. The van der Waals surface area contributed by atoms with Crippen molar-refractivity contribution >= 4 is 17.6 Å². The topological polar surface area (TPSA) is 57.5 Å². The van der Waals surface area contributed by atoms with Crippen molar-refractivity contribution in [2.45, 2.75) is 44.4 Å². The second kappa shape index (κ2) is 4.81. The van der Waals surface area contributed by atoms with Crippen LogP contribution in [0.4, 0.5) is 0 Å². The summed E-state index contributed by atoms with van der Waals surface area (Å²) in [5, 5.41) is 20.3. The average Bonchev–Trinajstić information content (AvgIpc) is 2.82. The first kappa shape index (κ1) is 13.2. The van der Waals surface area contributed by atoms with Gasteiger partial charge in [0, 0.05) is 10.6 Å². The highest BCUT2D eigenvalue weighted by molar-refractivity contribution is 6.30. The Morgan fingerprint density at radius 2 is 2.00 bits per heavy atom. The summed E-state index contributed by atoms with van der Waals surface area (Å²) in [6.45, 7) is 1.91. The first-order chi connectivity index (χ1) is 8.51. The summed E-state index contributed by atoms with van der Waals surface area (Å²) < 4.78 is 0. The van der Waals surface area contributed by atoms with Gasteiger partial charge in [0.25, 0.3) is 0 Å². The van der Waals surface area contributed by atoms with Gasteiger partial charge >= 0.3 is 5.97 Å². The van der Waals surface area contributed by atoms with Gasteiger partial charge in [-0.05, 0) is 37.0 Å². The summed E-state index contributed by atoms with van der Waals surface area (Å²) in [5.74, 6) is -0.759. The second-order valence-electron chi connectivity index (χ2n) is 4.91. The van der Waals surface area contributed by atoms with Crippen LogP contribution in [0.1, 0.15) is 43.7 Å². The van der Waals surface area contributed by atoms with Crippen LogP contribution in [0, 0.1) is 0 Å². The zero-order chi connectivity index (χ0) is 13.3. The molecule has 3 nitrogen and oxygen atoms in total. The highest BCUT2D eigenvalue weighted by atomic mass is 35.5. The molecule has 1 aromatic rings. The number of aryl methyl sites for hydroxylation is 1. The average molecular weight is 269 g/mol. The molecule has 4 heteroatoms. The summed E-state index contributed by atoms with van der Waals surface area (Å²) in [4.78, 5) is 11.6. The molecule has 2 N–H and O–H groups in total. The van der Waals surface area contributed by atoms with Crippen molar-refractivity contribution in [2.24, 2.45) is 0 Å². The maximum Gasteiger partial charge on any atom is 0.314 e. The van der Waals surface area contributed by atoms with E-state index in [9.17, 15) is 15.0 Å². The number of hydrogen-bond acceptors (Lipinski definition) is 2. The third-order valence-corrected chi connectivity index (χ3v) is 4.13. The van der Waals surface area contributed by atoms with Gasteiger partial charge in [0.05, 0.1) is 5.41 Å². The molecular weight excluding hydrogens is 252 g/mol. The highest BCUT2D eigenvalue weighted by Crippen LogP contribution is 2.46. The van der Waals surface area contributed by atoms with E-state index in [2.05, 4.69) is 0 Å². The fourth-order valence-electron chi connectivity index (χ4n) is 2.87. The van der Waals surface area contributed by atoms with Gasteiger partial charge in [-0.1, -0.05) is 31.4 Å². The molecule has 0 aliphatic heterocycles. The predicted octanol–water partition coefficient (Wildman–Crippen LogP) is 3.50. The van der Waals surface area contributed by atoms with E-state index in [4.69, 9.17) is 11.6 Å². The van der Waals surface area contributed by atoms with E-state index in [1.54, 1.807) is 12.1 Å². The lowest BCUT2D eigenvalue weighted by atomic mass is 9.77. The number of benzene rings is 1. The number of carbonyl (C=O) groups is 1. The summed E-state index contributed by atoms with van der Waals surface area (Å²) >= 11 is 6.04. The van der Waals surface area contributed by atoms with Gasteiger partial charge in [-0.2, -0.15) is 0 Å². The van der Waals surface area contributed by atoms with Crippen molar-refractivity contribution in [1.29, 1.82) is 0 Å². The van der Waals surface area contributed by atoms with Gasteiger partial charge in [0.2, 0.25) is 0 Å². The Labute approximate surface area is 111 Å². The Hall–Kier alpha value is -1.22. The van der Waals surface area contributed by atoms with Crippen molar-refractivity contribution < 1.29 is 15.0 Å². The Balaban J connectivity index is 2.61. The van der Waals surface area contributed by atoms with Crippen molar-refractivity contribution in [3.63, 3.8) is 0 Å². The molecule has 0 spiro atoms. The number of aliphatic carboxylic acids is 1. The maximum absolute atomic E-state index is 11.6. The molecule has 1 aromatic carbocycles. The monoisotopic (exact) mass is 268 g/mol. The molecule has 18 heavy (non-hydrogen) atoms. The zero-order valence-corrected chi connectivity index (χ0v) is 11.1. The van der Waals surface area contributed by atoms with E-state index in [1.807, 2.05) is 6.92 Å². The van der Waals surface area contributed by atoms with E-state index in [-0.39, 0.29) is 5.75 Å². The lowest BCUT2D eigenvalue weighted by Crippen LogP contribution is -2.32. The SMILES string of the molecule is CCc1cc(Cl)cc(C2(C(=O)O)CCCC2)c1O. The zero-order valence-electron chi connectivity index (χ0n) is 10.4. The Morgan fingerprint density at radius 1 is 1.39 bits per heavy atom. The van der Waals surface area contributed by atoms with E-state index in [0.29, 0.717) is 35.4 Å². The second-order valence-corrected chi connectivity index (χ2v) is 5.35. The lowest BCUT2D eigenvalue weighted by molar-refractivity contribution is -0.143. The molecule has 1 saturated carbocycles. The molecule has 0 aromatic heterocycles. The number of aromatic hydroxyl groups is 1. The predicted molar refractivity (Wildman–Crippen MR) is 70.3 cm³/mol. The summed E-state index contributed by atoms with van der Waals surface area (Å²) in [7, 11) is 0. The molecule has 0 unspecified atom stereocenters. The third kappa shape index (κ3) is 1.97. The molecule has 0 bridgehead atoms. The normalized spacial score (nSPS) is 17.9. The Kier molecular flexibility index (Phi) is 3.53.